The molecule has 0 radical (unpaired) electrons. The van der Waals surface area contributed by atoms with Crippen LogP contribution in [-0.4, -0.2) is 89.2 Å². The summed E-state index contributed by atoms with van der Waals surface area (Å²) in [6, 6.07) is 0. The molecule has 0 aromatic carbocycles. The molecule has 6 unspecified atom stereocenters. The van der Waals surface area contributed by atoms with Gasteiger partial charge in [0.05, 0.1) is 6.61 Å². The van der Waals surface area contributed by atoms with Crippen molar-refractivity contribution >= 4 is 23.9 Å². The van der Waals surface area contributed by atoms with Crippen molar-refractivity contribution in [3.8, 4) is 0 Å². The van der Waals surface area contributed by atoms with Crippen LogP contribution in [0.5, 0.6) is 0 Å². The van der Waals surface area contributed by atoms with Crippen LogP contribution in [0.25, 0.3) is 0 Å². The Hall–Kier alpha value is -3.58. The number of unbranched alkanes of at least 4 members (excludes halogenated alkanes) is 33. The summed E-state index contributed by atoms with van der Waals surface area (Å²) in [6.45, 7) is 5.90. The van der Waals surface area contributed by atoms with E-state index in [0.29, 0.717) is 25.7 Å². The fraction of sp³-hybridized carbons (Fsp3) is 0.797. The smallest absolute Gasteiger partial charge is 0.335 e. The summed E-state index contributed by atoms with van der Waals surface area (Å²) in [5.41, 5.74) is 0. The van der Waals surface area contributed by atoms with Crippen LogP contribution in [0, 0.1) is 0 Å². The van der Waals surface area contributed by atoms with Crippen LogP contribution in [0.15, 0.2) is 60.8 Å². The number of carbonyl (C=O) groups excluding carboxylic acids is 3. The van der Waals surface area contributed by atoms with Gasteiger partial charge in [0.15, 0.2) is 24.6 Å². The summed E-state index contributed by atoms with van der Waals surface area (Å²) in [6.07, 6.45) is 59.0. The maximum absolute atomic E-state index is 13.2. The minimum atomic E-state index is -1.92. The molecule has 468 valence electrons. The highest BCUT2D eigenvalue weighted by molar-refractivity contribution is 5.74. The van der Waals surface area contributed by atoms with Crippen LogP contribution in [0.3, 0.4) is 0 Å². The number of aliphatic carboxylic acids is 1. The number of carbonyl (C=O) groups is 4. The summed E-state index contributed by atoms with van der Waals surface area (Å²) in [5, 5.41) is 31.6. The third-order valence-corrected chi connectivity index (χ3v) is 15.1. The minimum absolute atomic E-state index is 0.00911. The Balaban J connectivity index is 2.66. The van der Waals surface area contributed by atoms with Crippen LogP contribution >= 0.6 is 0 Å². The maximum atomic E-state index is 13.2. The number of aliphatic hydroxyl groups is 2. The largest absolute Gasteiger partial charge is 0.479 e. The zero-order valence-corrected chi connectivity index (χ0v) is 51.8. The molecule has 6 atom stereocenters. The van der Waals surface area contributed by atoms with Gasteiger partial charge in [-0.1, -0.05) is 261 Å². The molecule has 1 aliphatic heterocycles. The number of rotatable bonds is 57. The molecule has 0 aromatic heterocycles. The molecule has 0 saturated carbocycles. The highest BCUT2D eigenvalue weighted by atomic mass is 16.7. The van der Waals surface area contributed by atoms with Crippen LogP contribution in [0.1, 0.15) is 303 Å². The van der Waals surface area contributed by atoms with E-state index in [4.69, 9.17) is 23.7 Å². The topological polar surface area (TPSA) is 175 Å². The second kappa shape index (κ2) is 56.9. The Kier molecular flexibility index (Phi) is 53.0. The molecule has 1 aliphatic rings. The van der Waals surface area contributed by atoms with Crippen molar-refractivity contribution < 1.29 is 58.2 Å². The van der Waals surface area contributed by atoms with Crippen molar-refractivity contribution in [2.45, 2.75) is 340 Å². The number of hydrogen-bond donors (Lipinski definition) is 3. The Bertz CT molecular complexity index is 1640. The van der Waals surface area contributed by atoms with Crippen molar-refractivity contribution in [3.63, 3.8) is 0 Å². The first-order chi connectivity index (χ1) is 39.6. The average Bonchev–Trinajstić information content (AvgIpc) is 3.53. The predicted octanol–water partition coefficient (Wildman–Crippen LogP) is 17.9. The minimum Gasteiger partial charge on any atom is -0.479 e. The highest BCUT2D eigenvalue weighted by Gasteiger charge is 2.50. The molecule has 0 aliphatic carbocycles. The number of carboxylic acids is 1. The van der Waals surface area contributed by atoms with Crippen molar-refractivity contribution in [3.05, 3.63) is 60.8 Å². The van der Waals surface area contributed by atoms with E-state index in [2.05, 4.69) is 81.5 Å². The molecule has 0 aromatic rings. The van der Waals surface area contributed by atoms with E-state index in [0.717, 1.165) is 70.6 Å². The van der Waals surface area contributed by atoms with Crippen molar-refractivity contribution in [1.29, 1.82) is 0 Å². The SMILES string of the molecule is CC/C=C\C/C=C\C/C=C\C/C=C\CCCCC(=O)OC1C(OCC(COC(=O)CCCCCCCCCCC/C=C\CCCCCCCC)OC(=O)CCCCCCCCCCCCCCCCCCC)OC(C(=O)O)C(O)C1O. The van der Waals surface area contributed by atoms with Crippen LogP contribution in [0.4, 0.5) is 0 Å². The number of esters is 3. The zero-order chi connectivity index (χ0) is 58.9. The van der Waals surface area contributed by atoms with Crippen LogP contribution in [0.2, 0.25) is 0 Å². The van der Waals surface area contributed by atoms with Gasteiger partial charge >= 0.3 is 23.9 Å². The van der Waals surface area contributed by atoms with Gasteiger partial charge in [-0.25, -0.2) is 4.79 Å². The second-order valence-electron chi connectivity index (χ2n) is 22.7. The van der Waals surface area contributed by atoms with E-state index < -0.39 is 67.3 Å². The Morgan fingerprint density at radius 1 is 0.420 bits per heavy atom. The molecule has 81 heavy (non-hydrogen) atoms. The summed E-state index contributed by atoms with van der Waals surface area (Å²) < 4.78 is 28.5. The number of carboxylic acid groups (broad SMARTS) is 1. The van der Waals surface area contributed by atoms with Gasteiger partial charge in [-0.15, -0.1) is 0 Å². The van der Waals surface area contributed by atoms with E-state index in [9.17, 15) is 34.5 Å². The molecule has 1 fully saturated rings. The molecule has 0 bridgehead atoms. The average molecular weight is 1140 g/mol. The summed E-state index contributed by atoms with van der Waals surface area (Å²) in [5.74, 6) is -3.15. The molecular weight excluding hydrogens is 1020 g/mol. The van der Waals surface area contributed by atoms with E-state index in [1.54, 1.807) is 0 Å². The summed E-state index contributed by atoms with van der Waals surface area (Å²) >= 11 is 0. The van der Waals surface area contributed by atoms with Crippen LogP contribution in [-0.2, 0) is 42.9 Å². The van der Waals surface area contributed by atoms with Gasteiger partial charge in [0.2, 0.25) is 0 Å². The Morgan fingerprint density at radius 3 is 1.22 bits per heavy atom. The first-order valence-electron chi connectivity index (χ1n) is 33.3. The van der Waals surface area contributed by atoms with E-state index in [-0.39, 0.29) is 25.9 Å². The first kappa shape index (κ1) is 75.4. The number of aliphatic hydroxyl groups excluding tert-OH is 2. The van der Waals surface area contributed by atoms with Gasteiger partial charge in [-0.05, 0) is 83.5 Å². The lowest BCUT2D eigenvalue weighted by molar-refractivity contribution is -0.301. The molecule has 12 heteroatoms. The van der Waals surface area contributed by atoms with Gasteiger partial charge in [-0.2, -0.15) is 0 Å². The highest BCUT2D eigenvalue weighted by Crippen LogP contribution is 2.27. The number of ether oxygens (including phenoxy) is 5. The lowest BCUT2D eigenvalue weighted by Gasteiger charge is -2.40. The Labute approximate surface area is 494 Å². The van der Waals surface area contributed by atoms with Gasteiger partial charge < -0.3 is 39.0 Å². The second-order valence-corrected chi connectivity index (χ2v) is 22.7. The summed E-state index contributed by atoms with van der Waals surface area (Å²) in [7, 11) is 0. The van der Waals surface area contributed by atoms with Gasteiger partial charge in [0, 0.05) is 19.3 Å². The normalized spacial score (nSPS) is 18.1. The lowest BCUT2D eigenvalue weighted by atomic mass is 9.98. The fourth-order valence-corrected chi connectivity index (χ4v) is 10.0. The molecule has 0 spiro atoms. The lowest BCUT2D eigenvalue weighted by Crippen LogP contribution is -2.61. The molecule has 1 rings (SSSR count). The standard InChI is InChI=1S/C69H120O12/c1-4-7-10-13-16-19-22-25-28-30-31-33-35-37-40-43-46-49-52-55-61(70)77-58-60(79-62(71)56-53-50-47-44-41-39-36-32-29-26-23-20-17-14-11-8-5-2)59-78-69-67(65(74)64(73)66(81-69)68(75)76)80-63(72)57-54-51-48-45-42-38-34-27-24-21-18-15-12-9-6-3/h9,12,18,21,25,27-28,34,42,45,60,64-67,69,73-74H,4-8,10-11,13-17,19-20,22-24,26,29-33,35-41,43-44,46-59H2,1-3H3,(H,75,76)/b12-9-,21-18-,28-25-,34-27-,45-42-. The van der Waals surface area contributed by atoms with Crippen molar-refractivity contribution in [2.75, 3.05) is 13.2 Å². The van der Waals surface area contributed by atoms with E-state index >= 15 is 0 Å². The molecular formula is C69H120O12. The van der Waals surface area contributed by atoms with Crippen molar-refractivity contribution in [2.24, 2.45) is 0 Å². The van der Waals surface area contributed by atoms with E-state index in [1.807, 2.05) is 0 Å². The van der Waals surface area contributed by atoms with Crippen LogP contribution < -0.4 is 0 Å². The summed E-state index contributed by atoms with van der Waals surface area (Å²) in [4.78, 5) is 51.3. The third-order valence-electron chi connectivity index (χ3n) is 15.1. The Morgan fingerprint density at radius 2 is 0.778 bits per heavy atom. The molecule has 1 heterocycles. The first-order valence-corrected chi connectivity index (χ1v) is 33.3. The molecule has 0 amide bonds. The molecule has 3 N–H and O–H groups in total. The molecule has 12 nitrogen and oxygen atoms in total. The maximum Gasteiger partial charge on any atom is 0.335 e. The number of allylic oxidation sites excluding steroid dienone is 10. The fourth-order valence-electron chi connectivity index (χ4n) is 10.0. The predicted molar refractivity (Wildman–Crippen MR) is 331 cm³/mol. The monoisotopic (exact) mass is 1140 g/mol. The quantitative estimate of drug-likeness (QED) is 0.0228. The zero-order valence-electron chi connectivity index (χ0n) is 51.8. The van der Waals surface area contributed by atoms with Gasteiger partial charge in [0.1, 0.15) is 18.8 Å². The van der Waals surface area contributed by atoms with E-state index in [1.165, 1.54) is 167 Å². The third kappa shape index (κ3) is 46.5. The van der Waals surface area contributed by atoms with Gasteiger partial charge in [-0.3, -0.25) is 14.4 Å². The van der Waals surface area contributed by atoms with Crippen molar-refractivity contribution in [1.82, 2.24) is 0 Å². The molecule has 1 saturated heterocycles. The number of hydrogen-bond acceptors (Lipinski definition) is 11. The van der Waals surface area contributed by atoms with Gasteiger partial charge in [0.25, 0.3) is 0 Å².